The first-order valence-corrected chi connectivity index (χ1v) is 8.00. The van der Waals surface area contributed by atoms with Crippen molar-refractivity contribution in [3.05, 3.63) is 30.2 Å². The molecule has 0 unspecified atom stereocenters. The summed E-state index contributed by atoms with van der Waals surface area (Å²) in [5.74, 6) is 0.975. The Bertz CT molecular complexity index is 717. The summed E-state index contributed by atoms with van der Waals surface area (Å²) >= 11 is 0. The lowest BCUT2D eigenvalue weighted by molar-refractivity contribution is 0.0509. The lowest BCUT2D eigenvalue weighted by Crippen LogP contribution is -2.40. The molecule has 6 heteroatoms. The van der Waals surface area contributed by atoms with E-state index in [-0.39, 0.29) is 12.1 Å². The number of aromatic nitrogens is 2. The molecular weight excluding hydrogens is 292 g/mol. The van der Waals surface area contributed by atoms with Crippen molar-refractivity contribution in [3.8, 4) is 0 Å². The van der Waals surface area contributed by atoms with Crippen molar-refractivity contribution < 1.29 is 9.53 Å². The Morgan fingerprint density at radius 2 is 2.17 bits per heavy atom. The van der Waals surface area contributed by atoms with Crippen LogP contribution in [0.1, 0.15) is 32.8 Å². The van der Waals surface area contributed by atoms with Gasteiger partial charge in [-0.05, 0) is 45.7 Å². The van der Waals surface area contributed by atoms with Gasteiger partial charge in [-0.25, -0.2) is 9.78 Å². The van der Waals surface area contributed by atoms with Gasteiger partial charge in [-0.1, -0.05) is 0 Å². The third-order valence-electron chi connectivity index (χ3n) is 3.96. The molecule has 1 fully saturated rings. The molecule has 23 heavy (non-hydrogen) atoms. The molecule has 0 spiro atoms. The van der Waals surface area contributed by atoms with Crippen LogP contribution in [0.15, 0.2) is 24.7 Å². The van der Waals surface area contributed by atoms with Crippen LogP contribution in [-0.4, -0.2) is 40.2 Å². The zero-order valence-corrected chi connectivity index (χ0v) is 14.2. The van der Waals surface area contributed by atoms with Crippen LogP contribution in [-0.2, 0) is 4.74 Å². The van der Waals surface area contributed by atoms with E-state index in [1.165, 1.54) is 5.56 Å². The predicted octanol–water partition coefficient (Wildman–Crippen LogP) is 2.75. The van der Waals surface area contributed by atoms with Crippen LogP contribution in [0.4, 0.5) is 10.6 Å². The number of nitrogens with zero attached hydrogens (tertiary/aromatic N) is 3. The summed E-state index contributed by atoms with van der Waals surface area (Å²) in [5.41, 5.74) is 1.86. The molecule has 0 aromatic carbocycles. The molecule has 1 aliphatic rings. The average molecular weight is 316 g/mol. The van der Waals surface area contributed by atoms with Crippen LogP contribution in [0.2, 0.25) is 0 Å². The fourth-order valence-corrected chi connectivity index (χ4v) is 2.98. The monoisotopic (exact) mass is 316 g/mol. The summed E-state index contributed by atoms with van der Waals surface area (Å²) in [4.78, 5) is 18.7. The zero-order valence-electron chi connectivity index (χ0n) is 14.2. The summed E-state index contributed by atoms with van der Waals surface area (Å²) in [5, 5.41) is 2.95. The Hall–Kier alpha value is -2.24. The SMILES string of the molecule is Cc1ccn2ccnc(N3CC[C@H](NC(=O)OC(C)(C)C)C3)c12. The normalized spacial score (nSPS) is 18.4. The van der Waals surface area contributed by atoms with Crippen LogP contribution in [0.3, 0.4) is 0 Å². The molecule has 1 saturated heterocycles. The molecule has 3 heterocycles. The zero-order chi connectivity index (χ0) is 16.6. The molecule has 1 amide bonds. The minimum Gasteiger partial charge on any atom is -0.444 e. The minimum absolute atomic E-state index is 0.0853. The van der Waals surface area contributed by atoms with Crippen molar-refractivity contribution in [1.29, 1.82) is 0 Å². The number of carbonyl (C=O) groups excluding carboxylic acids is 1. The van der Waals surface area contributed by atoms with Gasteiger partial charge in [0.15, 0.2) is 5.82 Å². The topological polar surface area (TPSA) is 58.9 Å². The Labute approximate surface area is 136 Å². The van der Waals surface area contributed by atoms with E-state index in [0.717, 1.165) is 30.8 Å². The highest BCUT2D eigenvalue weighted by atomic mass is 16.6. The third kappa shape index (κ3) is 3.41. The standard InChI is InChI=1S/C17H24N4O2/c1-12-5-8-20-10-7-18-15(14(12)20)21-9-6-13(11-21)19-16(22)23-17(2,3)4/h5,7-8,10,13H,6,9,11H2,1-4H3,(H,19,22)/t13-/m0/s1. The van der Waals surface area contributed by atoms with E-state index in [1.807, 2.05) is 39.4 Å². The summed E-state index contributed by atoms with van der Waals surface area (Å²) < 4.78 is 7.42. The highest BCUT2D eigenvalue weighted by Crippen LogP contribution is 2.26. The lowest BCUT2D eigenvalue weighted by Gasteiger charge is -2.22. The number of carbonyl (C=O) groups is 1. The third-order valence-corrected chi connectivity index (χ3v) is 3.96. The maximum Gasteiger partial charge on any atom is 0.407 e. The average Bonchev–Trinajstić information content (AvgIpc) is 3.04. The van der Waals surface area contributed by atoms with E-state index in [4.69, 9.17) is 4.74 Å². The van der Waals surface area contributed by atoms with Gasteiger partial charge in [-0.15, -0.1) is 0 Å². The van der Waals surface area contributed by atoms with Gasteiger partial charge in [0.05, 0.1) is 11.6 Å². The van der Waals surface area contributed by atoms with Gasteiger partial charge in [0.25, 0.3) is 0 Å². The molecule has 0 bridgehead atoms. The molecule has 0 saturated carbocycles. The molecule has 124 valence electrons. The molecule has 0 aliphatic carbocycles. The molecule has 0 radical (unpaired) electrons. The van der Waals surface area contributed by atoms with Gasteiger partial charge < -0.3 is 19.4 Å². The first-order valence-electron chi connectivity index (χ1n) is 8.00. The number of nitrogens with one attached hydrogen (secondary N) is 1. The van der Waals surface area contributed by atoms with Crippen molar-refractivity contribution in [2.24, 2.45) is 0 Å². The molecular formula is C17H24N4O2. The second-order valence-corrected chi connectivity index (χ2v) is 7.08. The molecule has 2 aromatic rings. The van der Waals surface area contributed by atoms with Crippen LogP contribution < -0.4 is 10.2 Å². The molecule has 2 aromatic heterocycles. The second-order valence-electron chi connectivity index (χ2n) is 7.08. The fraction of sp³-hybridized carbons (Fsp3) is 0.529. The maximum atomic E-state index is 11.9. The quantitative estimate of drug-likeness (QED) is 0.925. The predicted molar refractivity (Wildman–Crippen MR) is 89.9 cm³/mol. The number of alkyl carbamates (subject to hydrolysis) is 1. The summed E-state index contributed by atoms with van der Waals surface area (Å²) in [7, 11) is 0. The van der Waals surface area contributed by atoms with Crippen LogP contribution >= 0.6 is 0 Å². The number of ether oxygens (including phenoxy) is 1. The summed E-state index contributed by atoms with van der Waals surface area (Å²) in [6, 6.07) is 2.18. The van der Waals surface area contributed by atoms with Crippen LogP contribution in [0.25, 0.3) is 5.52 Å². The van der Waals surface area contributed by atoms with Gasteiger partial charge >= 0.3 is 6.09 Å². The van der Waals surface area contributed by atoms with Crippen LogP contribution in [0, 0.1) is 6.92 Å². The summed E-state index contributed by atoms with van der Waals surface area (Å²) in [6.45, 7) is 9.32. The lowest BCUT2D eigenvalue weighted by atomic mass is 10.2. The van der Waals surface area contributed by atoms with E-state index in [2.05, 4.69) is 32.6 Å². The van der Waals surface area contributed by atoms with E-state index in [9.17, 15) is 4.79 Å². The largest absolute Gasteiger partial charge is 0.444 e. The number of hydrogen-bond donors (Lipinski definition) is 1. The van der Waals surface area contributed by atoms with Crippen molar-refractivity contribution >= 4 is 17.4 Å². The Morgan fingerprint density at radius 3 is 2.91 bits per heavy atom. The van der Waals surface area contributed by atoms with E-state index in [1.54, 1.807) is 0 Å². The number of fused-ring (bicyclic) bond motifs is 1. The minimum atomic E-state index is -0.474. The smallest absolute Gasteiger partial charge is 0.407 e. The highest BCUT2D eigenvalue weighted by molar-refractivity contribution is 5.74. The van der Waals surface area contributed by atoms with Crippen molar-refractivity contribution in [2.75, 3.05) is 18.0 Å². The molecule has 6 nitrogen and oxygen atoms in total. The number of rotatable bonds is 2. The maximum absolute atomic E-state index is 11.9. The molecule has 1 N–H and O–H groups in total. The second kappa shape index (κ2) is 5.76. The van der Waals surface area contributed by atoms with Crippen molar-refractivity contribution in [3.63, 3.8) is 0 Å². The summed E-state index contributed by atoms with van der Waals surface area (Å²) in [6.07, 6.45) is 6.35. The Balaban J connectivity index is 1.70. The van der Waals surface area contributed by atoms with Gasteiger partial charge in [-0.3, -0.25) is 0 Å². The van der Waals surface area contributed by atoms with E-state index in [0.29, 0.717) is 0 Å². The first-order chi connectivity index (χ1) is 10.8. The number of anilines is 1. The van der Waals surface area contributed by atoms with Crippen molar-refractivity contribution in [1.82, 2.24) is 14.7 Å². The Kier molecular flexibility index (Phi) is 3.92. The van der Waals surface area contributed by atoms with Crippen molar-refractivity contribution in [2.45, 2.75) is 45.8 Å². The van der Waals surface area contributed by atoms with Gasteiger partial charge in [0, 0.05) is 31.7 Å². The number of aryl methyl sites for hydroxylation is 1. The highest BCUT2D eigenvalue weighted by Gasteiger charge is 2.28. The Morgan fingerprint density at radius 1 is 1.39 bits per heavy atom. The van der Waals surface area contributed by atoms with Gasteiger partial charge in [0.1, 0.15) is 5.60 Å². The molecule has 3 rings (SSSR count). The van der Waals surface area contributed by atoms with E-state index < -0.39 is 5.60 Å². The number of hydrogen-bond acceptors (Lipinski definition) is 4. The fourth-order valence-electron chi connectivity index (χ4n) is 2.98. The first kappa shape index (κ1) is 15.6. The molecule has 1 atom stereocenters. The van der Waals surface area contributed by atoms with E-state index >= 15 is 0 Å². The van der Waals surface area contributed by atoms with Crippen LogP contribution in [0.5, 0.6) is 0 Å². The molecule has 1 aliphatic heterocycles. The number of amides is 1. The van der Waals surface area contributed by atoms with Gasteiger partial charge in [0.2, 0.25) is 0 Å². The van der Waals surface area contributed by atoms with Gasteiger partial charge in [-0.2, -0.15) is 0 Å².